The summed E-state index contributed by atoms with van der Waals surface area (Å²) in [7, 11) is 0. The number of rotatable bonds is 5. The van der Waals surface area contributed by atoms with E-state index in [-0.39, 0.29) is 11.9 Å². The Morgan fingerprint density at radius 2 is 2.16 bits per heavy atom. The van der Waals surface area contributed by atoms with Crippen LogP contribution in [0.15, 0.2) is 59.2 Å². The normalized spacial score (nSPS) is 17.1. The zero-order valence-electron chi connectivity index (χ0n) is 13.7. The van der Waals surface area contributed by atoms with Gasteiger partial charge < -0.3 is 9.88 Å². The number of hydrogen-bond donors (Lipinski definition) is 1. The topological polar surface area (TPSA) is 49.0 Å². The molecule has 128 valence electrons. The summed E-state index contributed by atoms with van der Waals surface area (Å²) in [6.45, 7) is 0.857. The van der Waals surface area contributed by atoms with E-state index in [1.165, 1.54) is 16.6 Å². The summed E-state index contributed by atoms with van der Waals surface area (Å²) < 4.78 is 0. The minimum Gasteiger partial charge on any atom is -0.334 e. The first-order chi connectivity index (χ1) is 12.3. The fourth-order valence-corrected chi connectivity index (χ4v) is 4.80. The van der Waals surface area contributed by atoms with Gasteiger partial charge in [-0.25, -0.2) is 4.98 Å². The predicted octanol–water partition coefficient (Wildman–Crippen LogP) is 4.59. The van der Waals surface area contributed by atoms with Gasteiger partial charge in [-0.15, -0.1) is 11.3 Å². The highest BCUT2D eigenvalue weighted by Gasteiger charge is 2.30. The first-order valence-electron chi connectivity index (χ1n) is 8.37. The number of imidazole rings is 1. The highest BCUT2D eigenvalue weighted by molar-refractivity contribution is 7.99. The van der Waals surface area contributed by atoms with E-state index >= 15 is 0 Å². The second-order valence-electron chi connectivity index (χ2n) is 6.02. The Balaban J connectivity index is 1.38. The number of carbonyl (C=O) groups is 1. The van der Waals surface area contributed by atoms with Crippen molar-refractivity contribution >= 4 is 29.0 Å². The molecule has 1 aliphatic rings. The van der Waals surface area contributed by atoms with Gasteiger partial charge in [-0.1, -0.05) is 48.2 Å². The minimum atomic E-state index is 0.193. The molecule has 3 heterocycles. The van der Waals surface area contributed by atoms with Gasteiger partial charge in [0, 0.05) is 11.4 Å². The molecule has 2 aromatic heterocycles. The van der Waals surface area contributed by atoms with E-state index in [9.17, 15) is 4.79 Å². The number of benzene rings is 1. The first-order valence-corrected chi connectivity index (χ1v) is 10.2. The summed E-state index contributed by atoms with van der Waals surface area (Å²) in [6, 6.07) is 14.5. The fraction of sp³-hybridized carbons (Fsp3) is 0.263. The summed E-state index contributed by atoms with van der Waals surface area (Å²) in [5.74, 6) is 0.613. The third-order valence-electron chi connectivity index (χ3n) is 4.41. The van der Waals surface area contributed by atoms with Crippen molar-refractivity contribution < 1.29 is 4.79 Å². The van der Waals surface area contributed by atoms with E-state index in [1.54, 1.807) is 11.3 Å². The molecule has 1 aromatic carbocycles. The molecule has 1 fully saturated rings. The van der Waals surface area contributed by atoms with Gasteiger partial charge in [-0.2, -0.15) is 0 Å². The van der Waals surface area contributed by atoms with Crippen LogP contribution in [0.3, 0.4) is 0 Å². The molecule has 1 amide bonds. The predicted molar refractivity (Wildman–Crippen MR) is 103 cm³/mol. The lowest BCUT2D eigenvalue weighted by Gasteiger charge is -2.23. The van der Waals surface area contributed by atoms with Gasteiger partial charge in [0.25, 0.3) is 0 Å². The van der Waals surface area contributed by atoms with Gasteiger partial charge in [-0.05, 0) is 29.9 Å². The number of carbonyl (C=O) groups excluding carboxylic acids is 1. The van der Waals surface area contributed by atoms with Crippen LogP contribution in [-0.2, 0) is 4.79 Å². The highest BCUT2D eigenvalue weighted by atomic mass is 32.2. The number of hydrogen-bond acceptors (Lipinski definition) is 4. The van der Waals surface area contributed by atoms with Crippen molar-refractivity contribution in [2.24, 2.45) is 0 Å². The van der Waals surface area contributed by atoms with Crippen molar-refractivity contribution in [2.75, 3.05) is 12.3 Å². The molecule has 1 aliphatic heterocycles. The average molecular weight is 370 g/mol. The molecule has 4 nitrogen and oxygen atoms in total. The Morgan fingerprint density at radius 1 is 1.28 bits per heavy atom. The van der Waals surface area contributed by atoms with Gasteiger partial charge in [-0.3, -0.25) is 4.79 Å². The van der Waals surface area contributed by atoms with Crippen LogP contribution in [0.4, 0.5) is 0 Å². The monoisotopic (exact) mass is 369 g/mol. The van der Waals surface area contributed by atoms with Crippen LogP contribution >= 0.6 is 23.1 Å². The quantitative estimate of drug-likeness (QED) is 0.669. The van der Waals surface area contributed by atoms with Gasteiger partial charge in [0.1, 0.15) is 0 Å². The van der Waals surface area contributed by atoms with Crippen molar-refractivity contribution in [1.82, 2.24) is 14.9 Å². The summed E-state index contributed by atoms with van der Waals surface area (Å²) in [6.07, 6.45) is 3.97. The molecule has 0 unspecified atom stereocenters. The zero-order valence-corrected chi connectivity index (χ0v) is 15.4. The van der Waals surface area contributed by atoms with E-state index in [1.807, 2.05) is 41.4 Å². The van der Waals surface area contributed by atoms with Crippen LogP contribution in [0.5, 0.6) is 0 Å². The Kier molecular flexibility index (Phi) is 4.90. The summed E-state index contributed by atoms with van der Waals surface area (Å²) in [5, 5.41) is 2.87. The van der Waals surface area contributed by atoms with Gasteiger partial charge in [0.05, 0.1) is 23.7 Å². The molecule has 0 spiro atoms. The molecule has 25 heavy (non-hydrogen) atoms. The molecular formula is C19H19N3OS2. The van der Waals surface area contributed by atoms with Crippen LogP contribution in [0.1, 0.15) is 23.8 Å². The molecule has 1 saturated heterocycles. The molecule has 4 rings (SSSR count). The minimum absolute atomic E-state index is 0.193. The van der Waals surface area contributed by atoms with Crippen molar-refractivity contribution in [2.45, 2.75) is 24.0 Å². The largest absolute Gasteiger partial charge is 0.334 e. The van der Waals surface area contributed by atoms with Crippen LogP contribution < -0.4 is 0 Å². The molecular weight excluding hydrogens is 350 g/mol. The van der Waals surface area contributed by atoms with E-state index in [0.717, 1.165) is 35.8 Å². The lowest BCUT2D eigenvalue weighted by Crippen LogP contribution is -2.31. The van der Waals surface area contributed by atoms with Gasteiger partial charge >= 0.3 is 0 Å². The van der Waals surface area contributed by atoms with Crippen molar-refractivity contribution in [3.8, 4) is 11.3 Å². The van der Waals surface area contributed by atoms with Crippen molar-refractivity contribution in [3.63, 3.8) is 0 Å². The molecule has 6 heteroatoms. The number of H-pyrrole nitrogens is 1. The van der Waals surface area contributed by atoms with E-state index in [2.05, 4.69) is 27.5 Å². The van der Waals surface area contributed by atoms with E-state index in [0.29, 0.717) is 5.75 Å². The maximum atomic E-state index is 12.7. The van der Waals surface area contributed by atoms with Gasteiger partial charge in [0.15, 0.2) is 5.16 Å². The maximum absolute atomic E-state index is 12.7. The van der Waals surface area contributed by atoms with Crippen LogP contribution in [0.25, 0.3) is 11.3 Å². The molecule has 3 aromatic rings. The smallest absolute Gasteiger partial charge is 0.233 e. The average Bonchev–Trinajstić information content (AvgIpc) is 3.41. The molecule has 0 bridgehead atoms. The Hall–Kier alpha value is -2.05. The van der Waals surface area contributed by atoms with E-state index < -0.39 is 0 Å². The Morgan fingerprint density at radius 3 is 2.96 bits per heavy atom. The second-order valence-corrected chi connectivity index (χ2v) is 7.96. The summed E-state index contributed by atoms with van der Waals surface area (Å²) in [4.78, 5) is 23.7. The maximum Gasteiger partial charge on any atom is 0.233 e. The SMILES string of the molecule is O=C(CSc1ncc(-c2ccccc2)[nH]1)N1CCC[C@@H]1c1cccs1. The number of amides is 1. The molecule has 0 aliphatic carbocycles. The van der Waals surface area contributed by atoms with Crippen LogP contribution in [-0.4, -0.2) is 33.1 Å². The fourth-order valence-electron chi connectivity index (χ4n) is 3.20. The first kappa shape index (κ1) is 16.4. The Bertz CT molecular complexity index is 829. The second kappa shape index (κ2) is 7.45. The standard InChI is InChI=1S/C19H19N3OS2/c23-18(22-10-4-8-16(22)17-9-5-11-24-17)13-25-19-20-12-15(21-19)14-6-2-1-3-7-14/h1-3,5-7,9,11-12,16H,4,8,10,13H2,(H,20,21)/t16-/m1/s1. The summed E-state index contributed by atoms with van der Waals surface area (Å²) >= 11 is 3.21. The molecule has 0 saturated carbocycles. The van der Waals surface area contributed by atoms with Crippen molar-refractivity contribution in [3.05, 3.63) is 58.9 Å². The lowest BCUT2D eigenvalue weighted by molar-refractivity contribution is -0.129. The number of aromatic nitrogens is 2. The lowest BCUT2D eigenvalue weighted by atomic mass is 10.2. The van der Waals surface area contributed by atoms with E-state index in [4.69, 9.17) is 0 Å². The number of aromatic amines is 1. The molecule has 1 N–H and O–H groups in total. The number of nitrogens with one attached hydrogen (secondary N) is 1. The van der Waals surface area contributed by atoms with Crippen molar-refractivity contribution in [1.29, 1.82) is 0 Å². The number of nitrogens with zero attached hydrogens (tertiary/aromatic N) is 2. The third-order valence-corrected chi connectivity index (χ3v) is 6.26. The summed E-state index contributed by atoms with van der Waals surface area (Å²) in [5.41, 5.74) is 2.08. The zero-order chi connectivity index (χ0) is 17.1. The Labute approximate surface area is 155 Å². The van der Waals surface area contributed by atoms with Crippen LogP contribution in [0.2, 0.25) is 0 Å². The highest BCUT2D eigenvalue weighted by Crippen LogP contribution is 2.35. The third kappa shape index (κ3) is 3.65. The number of likely N-dealkylation sites (tertiary alicyclic amines) is 1. The molecule has 1 atom stereocenters. The molecule has 0 radical (unpaired) electrons. The number of thiophene rings is 1. The van der Waals surface area contributed by atoms with Crippen LogP contribution in [0, 0.1) is 0 Å². The van der Waals surface area contributed by atoms with Gasteiger partial charge in [0.2, 0.25) is 5.91 Å². The number of thioether (sulfide) groups is 1.